The zero-order chi connectivity index (χ0) is 73.0. The van der Waals surface area contributed by atoms with E-state index >= 15 is 0 Å². The fourth-order valence-electron chi connectivity index (χ4n) is 10.2. The topological polar surface area (TPSA) is 578 Å². The number of amides is 10. The van der Waals surface area contributed by atoms with Gasteiger partial charge in [-0.3, -0.25) is 62.7 Å². The lowest BCUT2D eigenvalue weighted by molar-refractivity contribution is -0.142. The Bertz CT molecular complexity index is 2660. The molecule has 1 aromatic rings. The number of nitrogens with zero attached hydrogens (tertiary/aromatic N) is 2. The predicted octanol–water partition coefficient (Wildman–Crippen LogP) is -2.22. The molecule has 1 rings (SSSR count). The monoisotopic (exact) mass is 1380 g/mol. The molecule has 0 bridgehead atoms. The Balaban J connectivity index is 3.43. The van der Waals surface area contributed by atoms with Gasteiger partial charge in [-0.25, -0.2) is 0 Å². The zero-order valence-corrected chi connectivity index (χ0v) is 57.1. The van der Waals surface area contributed by atoms with Gasteiger partial charge in [0.05, 0.1) is 25.2 Å². The summed E-state index contributed by atoms with van der Waals surface area (Å²) in [6, 6.07) is -9.22. The minimum Gasteiger partial charge on any atom is -0.508 e. The lowest BCUT2D eigenvalue weighted by Crippen LogP contribution is -2.63. The number of aliphatic imine (C=N–C) groups is 2. The number of hydrogen-bond donors (Lipinski definition) is 20. The lowest BCUT2D eigenvalue weighted by Gasteiger charge is -2.29. The van der Waals surface area contributed by atoms with Crippen LogP contribution in [0.25, 0.3) is 0 Å². The first-order valence-electron chi connectivity index (χ1n) is 33.7. The number of guanidine groups is 2. The number of nitrogens with two attached hydrogens (primary N) is 6. The summed E-state index contributed by atoms with van der Waals surface area (Å²) in [6.45, 7) is 7.04. The van der Waals surface area contributed by atoms with Crippen LogP contribution in [0.15, 0.2) is 34.3 Å². The zero-order valence-electron chi connectivity index (χ0n) is 57.1. The second kappa shape index (κ2) is 49.1. The largest absolute Gasteiger partial charge is 0.508 e. The van der Waals surface area contributed by atoms with Crippen molar-refractivity contribution in [3.05, 3.63) is 29.8 Å². The molecule has 97 heavy (non-hydrogen) atoms. The van der Waals surface area contributed by atoms with Crippen molar-refractivity contribution in [2.45, 2.75) is 255 Å². The van der Waals surface area contributed by atoms with E-state index in [-0.39, 0.29) is 88.0 Å². The number of unbranched alkanes of at least 4 members (excludes halogenated alkanes) is 13. The summed E-state index contributed by atoms with van der Waals surface area (Å²) in [7, 11) is 0. The molecule has 0 aromatic heterocycles. The Morgan fingerprint density at radius 1 is 0.454 bits per heavy atom. The Labute approximate surface area is 568 Å². The number of phenolic OH excluding ortho intramolecular Hbond substituents is 1. The van der Waals surface area contributed by atoms with Crippen LogP contribution in [-0.4, -0.2) is 195 Å². The first-order chi connectivity index (χ1) is 45.9. The summed E-state index contributed by atoms with van der Waals surface area (Å²) in [4.78, 5) is 158. The van der Waals surface area contributed by atoms with E-state index in [4.69, 9.17) is 34.4 Å². The van der Waals surface area contributed by atoms with E-state index in [9.17, 15) is 78.3 Å². The number of carboxylic acids is 1. The van der Waals surface area contributed by atoms with Crippen LogP contribution in [-0.2, 0) is 59.2 Å². The number of phenols is 1. The Morgan fingerprint density at radius 3 is 1.29 bits per heavy atom. The number of carboxylic acid groups (broad SMARTS) is 1. The molecule has 0 radical (unpaired) electrons. The number of benzene rings is 1. The number of primary amides is 1. The molecule has 0 unspecified atom stereocenters. The average Bonchev–Trinajstić information content (AvgIpc) is 0.866. The number of aromatic hydroxyl groups is 1. The van der Waals surface area contributed by atoms with Crippen LogP contribution in [0, 0.1) is 5.92 Å². The van der Waals surface area contributed by atoms with Gasteiger partial charge in [-0.05, 0) is 102 Å². The molecule has 1 aromatic carbocycles. The van der Waals surface area contributed by atoms with Crippen LogP contribution < -0.4 is 82.3 Å². The summed E-state index contributed by atoms with van der Waals surface area (Å²) in [6.07, 6.45) is 10.4. The van der Waals surface area contributed by atoms with E-state index in [1.165, 1.54) is 76.1 Å². The molecule has 550 valence electrons. The maximum absolute atomic E-state index is 14.3. The van der Waals surface area contributed by atoms with Crippen LogP contribution in [0.5, 0.6) is 5.75 Å². The number of aliphatic hydroxyl groups excluding tert-OH is 3. The molecule has 26 N–H and O–H groups in total. The molecule has 0 heterocycles. The highest BCUT2D eigenvalue weighted by molar-refractivity contribution is 5.99. The third kappa shape index (κ3) is 38.2. The van der Waals surface area contributed by atoms with Gasteiger partial charge in [-0.15, -0.1) is 0 Å². The Kier molecular flexibility index (Phi) is 43.9. The van der Waals surface area contributed by atoms with E-state index in [1.54, 1.807) is 13.8 Å². The molecular weight excluding hydrogens is 1260 g/mol. The number of aliphatic hydroxyl groups is 3. The van der Waals surface area contributed by atoms with Crippen molar-refractivity contribution in [3.8, 4) is 5.75 Å². The minimum absolute atomic E-state index is 0.0135. The van der Waals surface area contributed by atoms with E-state index in [2.05, 4.69) is 64.8 Å². The van der Waals surface area contributed by atoms with Crippen molar-refractivity contribution in [2.75, 3.05) is 26.2 Å². The first-order valence-corrected chi connectivity index (χ1v) is 33.7. The van der Waals surface area contributed by atoms with Gasteiger partial charge in [0, 0.05) is 25.9 Å². The standard InChI is InChI=1S/C64H113N17O16/c1-6-7-8-9-10-11-12-13-14-15-16-17-18-26-50(86)80-52(39(4)83)61(96)77-47(35-41-27-29-42(85)30-28-41)58(93)79-49(37-82)60(95)81-53(40(5)84)62(97)78-48(36-51(87)88)59(94)75-45(25-22-33-72-64(69)70)56(91)76-46(34-38(2)3)57(92)74-44(24-21-32-71-63(67)68)55(90)73-43(54(66)89)23-19-20-31-65/h27-30,38-40,43-49,52-53,82-85H,6-26,31-37,65H2,1-5H3,(H2,66,89)(H,73,90)(H,74,92)(H,75,94)(H,76,91)(H,77,96)(H,78,97)(H,79,93)(H,80,86)(H,81,95)(H,87,88)(H4,67,68,71)(H4,69,70,72)/t39-,40-,43+,44+,45+,46+,47+,48+,49+,52+,53+/m1/s1. The van der Waals surface area contributed by atoms with Gasteiger partial charge >= 0.3 is 5.97 Å². The highest BCUT2D eigenvalue weighted by Gasteiger charge is 2.38. The molecule has 10 amide bonds. The number of carbonyl (C=O) groups is 11. The predicted molar refractivity (Wildman–Crippen MR) is 364 cm³/mol. The number of nitrogens with one attached hydrogen (secondary N) is 9. The van der Waals surface area contributed by atoms with Gasteiger partial charge < -0.3 is 108 Å². The van der Waals surface area contributed by atoms with Crippen LogP contribution in [0.1, 0.15) is 188 Å². The fourth-order valence-corrected chi connectivity index (χ4v) is 10.2. The summed E-state index contributed by atoms with van der Waals surface area (Å²) < 4.78 is 0. The molecular formula is C64H113N17O16. The SMILES string of the molecule is CCCCCCCCCCCCCCCC(=O)N[C@H](C(=O)N[C@@H](Cc1ccc(O)cc1)C(=O)N[C@@H](CO)C(=O)N[C@H](C(=O)N[C@@H](CC(=O)O)C(=O)N[C@@H](CCCN=C(N)N)C(=O)N[C@@H](CC(C)C)C(=O)N[C@@H](CCCN=C(N)N)C(=O)N[C@@H](CCCCN)C(N)=O)[C@@H](C)O)[C@@H](C)O. The van der Waals surface area contributed by atoms with Crippen molar-refractivity contribution in [1.29, 1.82) is 0 Å². The number of hydrogen-bond acceptors (Lipinski definition) is 18. The second-order valence-electron chi connectivity index (χ2n) is 24.8. The van der Waals surface area contributed by atoms with Crippen LogP contribution in [0.2, 0.25) is 0 Å². The summed E-state index contributed by atoms with van der Waals surface area (Å²) in [5, 5.41) is 73.7. The quantitative estimate of drug-likeness (QED) is 0.0187. The molecule has 0 spiro atoms. The van der Waals surface area contributed by atoms with E-state index < -0.39 is 145 Å². The molecule has 0 saturated heterocycles. The van der Waals surface area contributed by atoms with Gasteiger partial charge in [0.15, 0.2) is 11.9 Å². The van der Waals surface area contributed by atoms with Crippen molar-refractivity contribution in [3.63, 3.8) is 0 Å². The molecule has 33 heteroatoms. The molecule has 33 nitrogen and oxygen atoms in total. The summed E-state index contributed by atoms with van der Waals surface area (Å²) in [5.41, 5.74) is 33.5. The molecule has 0 aliphatic rings. The van der Waals surface area contributed by atoms with E-state index in [1.807, 2.05) is 0 Å². The van der Waals surface area contributed by atoms with Gasteiger partial charge in [0.2, 0.25) is 59.1 Å². The van der Waals surface area contributed by atoms with E-state index in [0.29, 0.717) is 31.4 Å². The second-order valence-corrected chi connectivity index (χ2v) is 24.8. The molecule has 11 atom stereocenters. The summed E-state index contributed by atoms with van der Waals surface area (Å²) >= 11 is 0. The normalized spacial score (nSPS) is 14.5. The fraction of sp³-hybridized carbons (Fsp3) is 0.703. The minimum atomic E-state index is -2.06. The average molecular weight is 1380 g/mol. The van der Waals surface area contributed by atoms with Crippen LogP contribution in [0.3, 0.4) is 0 Å². The van der Waals surface area contributed by atoms with Gasteiger partial charge in [0.25, 0.3) is 0 Å². The Hall–Kier alpha value is -8.43. The Morgan fingerprint density at radius 2 is 0.845 bits per heavy atom. The van der Waals surface area contributed by atoms with Gasteiger partial charge in [-0.2, -0.15) is 0 Å². The number of rotatable bonds is 53. The number of carbonyl (C=O) groups excluding carboxylic acids is 10. The third-order valence-corrected chi connectivity index (χ3v) is 15.6. The highest BCUT2D eigenvalue weighted by Crippen LogP contribution is 2.16. The third-order valence-electron chi connectivity index (χ3n) is 15.6. The van der Waals surface area contributed by atoms with Crippen molar-refractivity contribution in [1.82, 2.24) is 47.9 Å². The van der Waals surface area contributed by atoms with Crippen molar-refractivity contribution < 1.29 is 78.3 Å². The molecule has 0 aliphatic carbocycles. The van der Waals surface area contributed by atoms with Crippen molar-refractivity contribution >= 4 is 77.0 Å². The number of aliphatic carboxylic acids is 1. The lowest BCUT2D eigenvalue weighted by atomic mass is 10.0. The van der Waals surface area contributed by atoms with E-state index in [0.717, 1.165) is 39.0 Å². The maximum atomic E-state index is 14.3. The van der Waals surface area contributed by atoms with Crippen LogP contribution in [0.4, 0.5) is 0 Å². The molecule has 0 aliphatic heterocycles. The summed E-state index contributed by atoms with van der Waals surface area (Å²) in [5.74, 6) is -12.8. The van der Waals surface area contributed by atoms with Crippen molar-refractivity contribution in [2.24, 2.45) is 50.3 Å². The first kappa shape index (κ1) is 86.6. The van der Waals surface area contributed by atoms with Crippen LogP contribution >= 0.6 is 0 Å². The van der Waals surface area contributed by atoms with Gasteiger partial charge in [-0.1, -0.05) is 110 Å². The highest BCUT2D eigenvalue weighted by atomic mass is 16.4. The maximum Gasteiger partial charge on any atom is 0.305 e. The van der Waals surface area contributed by atoms with Gasteiger partial charge in [0.1, 0.15) is 60.1 Å². The molecule has 0 fully saturated rings. The molecule has 0 saturated carbocycles. The smallest absolute Gasteiger partial charge is 0.305 e.